The third kappa shape index (κ3) is 3.58. The second kappa shape index (κ2) is 6.73. The van der Waals surface area contributed by atoms with Gasteiger partial charge in [0.05, 0.1) is 0 Å². The van der Waals surface area contributed by atoms with E-state index >= 15 is 0 Å². The molecule has 19 heavy (non-hydrogen) atoms. The number of nitrogens with one attached hydrogen (secondary N) is 1. The molecule has 0 amide bonds. The average molecular weight is 264 g/mol. The van der Waals surface area contributed by atoms with Gasteiger partial charge in [0.2, 0.25) is 0 Å². The largest absolute Gasteiger partial charge is 0.370 e. The van der Waals surface area contributed by atoms with Gasteiger partial charge in [-0.3, -0.25) is 0 Å². The second-order valence-electron chi connectivity index (χ2n) is 5.53. The van der Waals surface area contributed by atoms with E-state index in [0.29, 0.717) is 0 Å². The molecule has 0 aliphatic carbocycles. The Bertz CT molecular complexity index is 401. The van der Waals surface area contributed by atoms with Crippen molar-refractivity contribution in [1.29, 1.82) is 0 Å². The van der Waals surface area contributed by atoms with Crippen LogP contribution in [-0.2, 0) is 6.42 Å². The van der Waals surface area contributed by atoms with E-state index in [1.54, 1.807) is 6.33 Å². The molecule has 0 aliphatic rings. The van der Waals surface area contributed by atoms with Crippen LogP contribution >= 0.6 is 0 Å². The smallest absolute Gasteiger partial charge is 0.137 e. The molecule has 1 heterocycles. The van der Waals surface area contributed by atoms with Crippen molar-refractivity contribution in [3.05, 3.63) is 11.9 Å². The van der Waals surface area contributed by atoms with Crippen molar-refractivity contribution in [3.8, 4) is 0 Å². The first-order valence-electron chi connectivity index (χ1n) is 7.29. The Kier molecular flexibility index (Phi) is 5.58. The van der Waals surface area contributed by atoms with E-state index in [-0.39, 0.29) is 5.54 Å². The summed E-state index contributed by atoms with van der Waals surface area (Å²) in [6.45, 7) is 12.0. The number of hydrogen-bond donors (Lipinski definition) is 1. The molecule has 0 fully saturated rings. The van der Waals surface area contributed by atoms with Crippen molar-refractivity contribution >= 4 is 11.6 Å². The van der Waals surface area contributed by atoms with Gasteiger partial charge in [-0.1, -0.05) is 20.8 Å². The lowest BCUT2D eigenvalue weighted by Gasteiger charge is -2.37. The Hall–Kier alpha value is -1.32. The lowest BCUT2D eigenvalue weighted by molar-refractivity contribution is 0.466. The van der Waals surface area contributed by atoms with Crippen LogP contribution in [0.5, 0.6) is 0 Å². The first kappa shape index (κ1) is 15.7. The van der Waals surface area contributed by atoms with Gasteiger partial charge in [-0.25, -0.2) is 9.97 Å². The maximum atomic E-state index is 4.51. The molecule has 0 bridgehead atoms. The standard InChI is InChI=1S/C15H28N4/c1-7-10-16-13-12(8-2)14(18-11-17-13)19(6)15(4,5)9-3/h11H,7-10H2,1-6H3,(H,16,17,18). The SMILES string of the molecule is CCCNc1ncnc(N(C)C(C)(C)CC)c1CC. The summed E-state index contributed by atoms with van der Waals surface area (Å²) in [6, 6.07) is 0. The summed E-state index contributed by atoms with van der Waals surface area (Å²) < 4.78 is 0. The zero-order valence-corrected chi connectivity index (χ0v) is 13.2. The lowest BCUT2D eigenvalue weighted by atomic mass is 9.99. The van der Waals surface area contributed by atoms with Crippen molar-refractivity contribution in [2.75, 3.05) is 23.8 Å². The Morgan fingerprint density at radius 1 is 1.21 bits per heavy atom. The van der Waals surface area contributed by atoms with Crippen LogP contribution in [0.4, 0.5) is 11.6 Å². The maximum Gasteiger partial charge on any atom is 0.137 e. The second-order valence-corrected chi connectivity index (χ2v) is 5.53. The van der Waals surface area contributed by atoms with E-state index in [1.165, 1.54) is 5.56 Å². The maximum absolute atomic E-state index is 4.51. The molecule has 0 saturated heterocycles. The van der Waals surface area contributed by atoms with Crippen LogP contribution in [0.2, 0.25) is 0 Å². The average Bonchev–Trinajstić information content (AvgIpc) is 2.43. The van der Waals surface area contributed by atoms with Crippen LogP contribution in [0.3, 0.4) is 0 Å². The van der Waals surface area contributed by atoms with Crippen LogP contribution in [0, 0.1) is 0 Å². The minimum absolute atomic E-state index is 0.0975. The van der Waals surface area contributed by atoms with Crippen molar-refractivity contribution in [1.82, 2.24) is 9.97 Å². The van der Waals surface area contributed by atoms with Crippen molar-refractivity contribution in [2.24, 2.45) is 0 Å². The van der Waals surface area contributed by atoms with Gasteiger partial charge in [0.15, 0.2) is 0 Å². The van der Waals surface area contributed by atoms with E-state index in [0.717, 1.165) is 37.4 Å². The number of aromatic nitrogens is 2. The van der Waals surface area contributed by atoms with Gasteiger partial charge in [-0.15, -0.1) is 0 Å². The third-order valence-electron chi connectivity index (χ3n) is 3.91. The fourth-order valence-corrected chi connectivity index (χ4v) is 1.94. The molecule has 0 atom stereocenters. The summed E-state index contributed by atoms with van der Waals surface area (Å²) in [5, 5.41) is 3.40. The fourth-order valence-electron chi connectivity index (χ4n) is 1.94. The van der Waals surface area contributed by atoms with Gasteiger partial charge in [0, 0.05) is 24.7 Å². The number of rotatable bonds is 7. The quantitative estimate of drug-likeness (QED) is 0.818. The molecule has 1 aromatic rings. The first-order valence-corrected chi connectivity index (χ1v) is 7.29. The Labute approximate surface area is 117 Å². The summed E-state index contributed by atoms with van der Waals surface area (Å²) in [6.07, 6.45) is 4.77. The van der Waals surface area contributed by atoms with Crippen LogP contribution in [-0.4, -0.2) is 29.1 Å². The fraction of sp³-hybridized carbons (Fsp3) is 0.733. The van der Waals surface area contributed by atoms with Crippen LogP contribution in [0.15, 0.2) is 6.33 Å². The molecule has 1 N–H and O–H groups in total. The summed E-state index contributed by atoms with van der Waals surface area (Å²) >= 11 is 0. The van der Waals surface area contributed by atoms with Crippen LogP contribution in [0.25, 0.3) is 0 Å². The minimum atomic E-state index is 0.0975. The summed E-state index contributed by atoms with van der Waals surface area (Å²) in [5.41, 5.74) is 1.31. The molecule has 4 nitrogen and oxygen atoms in total. The lowest BCUT2D eigenvalue weighted by Crippen LogP contribution is -2.41. The molecule has 0 aliphatic heterocycles. The molecule has 0 spiro atoms. The molecule has 1 aromatic heterocycles. The molecule has 0 saturated carbocycles. The first-order chi connectivity index (χ1) is 8.97. The van der Waals surface area contributed by atoms with Crippen molar-refractivity contribution in [3.63, 3.8) is 0 Å². The Morgan fingerprint density at radius 2 is 1.89 bits per heavy atom. The normalized spacial score (nSPS) is 11.5. The molecular formula is C15H28N4. The monoisotopic (exact) mass is 264 g/mol. The van der Waals surface area contributed by atoms with Gasteiger partial charge < -0.3 is 10.2 Å². The molecule has 0 radical (unpaired) electrons. The number of hydrogen-bond acceptors (Lipinski definition) is 4. The van der Waals surface area contributed by atoms with Crippen LogP contribution < -0.4 is 10.2 Å². The van der Waals surface area contributed by atoms with E-state index in [9.17, 15) is 0 Å². The van der Waals surface area contributed by atoms with Gasteiger partial charge in [-0.05, 0) is 33.1 Å². The molecule has 1 rings (SSSR count). The summed E-state index contributed by atoms with van der Waals surface area (Å²) in [5.74, 6) is 2.02. The van der Waals surface area contributed by atoms with E-state index in [4.69, 9.17) is 0 Å². The highest BCUT2D eigenvalue weighted by Gasteiger charge is 2.25. The van der Waals surface area contributed by atoms with Crippen molar-refractivity contribution < 1.29 is 0 Å². The predicted molar refractivity (Wildman–Crippen MR) is 83.0 cm³/mol. The third-order valence-corrected chi connectivity index (χ3v) is 3.91. The Balaban J connectivity index is 3.13. The van der Waals surface area contributed by atoms with E-state index in [1.807, 2.05) is 0 Å². The zero-order valence-electron chi connectivity index (χ0n) is 13.2. The van der Waals surface area contributed by atoms with E-state index in [2.05, 4.69) is 61.9 Å². The highest BCUT2D eigenvalue weighted by molar-refractivity contribution is 5.59. The van der Waals surface area contributed by atoms with Gasteiger partial charge in [0.1, 0.15) is 18.0 Å². The zero-order chi connectivity index (χ0) is 14.5. The van der Waals surface area contributed by atoms with Gasteiger partial charge in [0.25, 0.3) is 0 Å². The van der Waals surface area contributed by atoms with Gasteiger partial charge in [-0.2, -0.15) is 0 Å². The molecule has 0 aromatic carbocycles. The molecule has 0 unspecified atom stereocenters. The minimum Gasteiger partial charge on any atom is -0.370 e. The summed E-state index contributed by atoms with van der Waals surface area (Å²) in [4.78, 5) is 11.2. The predicted octanol–water partition coefficient (Wildman–Crippen LogP) is 3.49. The Morgan fingerprint density at radius 3 is 2.42 bits per heavy atom. The molecule has 108 valence electrons. The number of anilines is 2. The highest BCUT2D eigenvalue weighted by atomic mass is 15.2. The van der Waals surface area contributed by atoms with Crippen molar-refractivity contribution in [2.45, 2.75) is 59.4 Å². The molecule has 4 heteroatoms. The van der Waals surface area contributed by atoms with Crippen LogP contribution in [0.1, 0.15) is 53.0 Å². The number of nitrogens with zero attached hydrogens (tertiary/aromatic N) is 3. The topological polar surface area (TPSA) is 41.1 Å². The van der Waals surface area contributed by atoms with Gasteiger partial charge >= 0.3 is 0 Å². The molecular weight excluding hydrogens is 236 g/mol. The summed E-state index contributed by atoms with van der Waals surface area (Å²) in [7, 11) is 2.12. The van der Waals surface area contributed by atoms with E-state index < -0.39 is 0 Å². The highest BCUT2D eigenvalue weighted by Crippen LogP contribution is 2.29.